The molecule has 0 atom stereocenters. The Labute approximate surface area is 110 Å². The first-order valence-corrected chi connectivity index (χ1v) is 5.65. The second kappa shape index (κ2) is 6.39. The number of primary amides is 1. The minimum atomic E-state index is -0.581. The maximum atomic E-state index is 12.1. The van der Waals surface area contributed by atoms with Crippen molar-refractivity contribution in [3.05, 3.63) is 35.4 Å². The van der Waals surface area contributed by atoms with Crippen molar-refractivity contribution in [2.75, 3.05) is 13.1 Å². The van der Waals surface area contributed by atoms with Crippen LogP contribution in [-0.4, -0.2) is 40.8 Å². The van der Waals surface area contributed by atoms with Crippen LogP contribution in [0.3, 0.4) is 0 Å². The van der Waals surface area contributed by atoms with Crippen molar-refractivity contribution in [1.82, 2.24) is 4.90 Å². The van der Waals surface area contributed by atoms with Gasteiger partial charge in [-0.2, -0.15) is 0 Å². The molecule has 5 N–H and O–H groups in total. The number of amidine groups is 1. The number of oxime groups is 1. The van der Waals surface area contributed by atoms with Crippen LogP contribution < -0.4 is 11.5 Å². The number of carbonyl (C=O) groups excluding carboxylic acids is 2. The van der Waals surface area contributed by atoms with Gasteiger partial charge in [0.15, 0.2) is 5.84 Å². The zero-order valence-corrected chi connectivity index (χ0v) is 10.5. The predicted molar refractivity (Wildman–Crippen MR) is 69.7 cm³/mol. The highest BCUT2D eigenvalue weighted by Gasteiger charge is 2.16. The first-order chi connectivity index (χ1) is 8.99. The normalized spacial score (nSPS) is 11.1. The molecule has 102 valence electrons. The second-order valence-electron chi connectivity index (χ2n) is 3.85. The molecule has 0 saturated carbocycles. The molecule has 0 saturated heterocycles. The van der Waals surface area contributed by atoms with Crippen LogP contribution in [0.4, 0.5) is 0 Å². The molecule has 0 aromatic heterocycles. The molecule has 0 fully saturated rings. The van der Waals surface area contributed by atoms with E-state index in [1.165, 1.54) is 11.0 Å². The molecule has 0 spiro atoms. The Balaban J connectivity index is 3.02. The number of hydrogen-bond acceptors (Lipinski definition) is 4. The molecule has 7 nitrogen and oxygen atoms in total. The zero-order chi connectivity index (χ0) is 14.4. The molecule has 0 aliphatic rings. The standard InChI is InChI=1S/C12H16N4O3/c1-2-16(7-10(13)17)12(18)9-5-3-4-8(6-9)11(14)15-19/h3-6,19H,2,7H2,1H3,(H2,13,17)(H2,14,15). The first-order valence-electron chi connectivity index (χ1n) is 5.65. The van der Waals surface area contributed by atoms with E-state index in [-0.39, 0.29) is 18.3 Å². The summed E-state index contributed by atoms with van der Waals surface area (Å²) in [7, 11) is 0. The fourth-order valence-electron chi connectivity index (χ4n) is 1.57. The third-order valence-electron chi connectivity index (χ3n) is 2.53. The lowest BCUT2D eigenvalue weighted by Gasteiger charge is -2.19. The quantitative estimate of drug-likeness (QED) is 0.293. The Morgan fingerprint density at radius 1 is 1.32 bits per heavy atom. The molecule has 1 rings (SSSR count). The summed E-state index contributed by atoms with van der Waals surface area (Å²) < 4.78 is 0. The highest BCUT2D eigenvalue weighted by atomic mass is 16.4. The van der Waals surface area contributed by atoms with E-state index >= 15 is 0 Å². The number of hydrogen-bond donors (Lipinski definition) is 3. The molecule has 0 radical (unpaired) electrons. The van der Waals surface area contributed by atoms with Gasteiger partial charge in [0.05, 0.1) is 6.54 Å². The third kappa shape index (κ3) is 3.70. The predicted octanol–water partition coefficient (Wildman–Crippen LogP) is -0.271. The topological polar surface area (TPSA) is 122 Å². The number of nitrogens with zero attached hydrogens (tertiary/aromatic N) is 2. The van der Waals surface area contributed by atoms with Crippen molar-refractivity contribution in [2.45, 2.75) is 6.92 Å². The number of likely N-dealkylation sites (N-methyl/N-ethyl adjacent to an activating group) is 1. The number of nitrogens with two attached hydrogens (primary N) is 2. The lowest BCUT2D eigenvalue weighted by Crippen LogP contribution is -2.38. The molecule has 0 bridgehead atoms. The lowest BCUT2D eigenvalue weighted by atomic mass is 10.1. The molecule has 1 aromatic rings. The molecule has 0 unspecified atom stereocenters. The van der Waals surface area contributed by atoms with Gasteiger partial charge in [-0.05, 0) is 19.1 Å². The fourth-order valence-corrected chi connectivity index (χ4v) is 1.57. The number of amides is 2. The Morgan fingerprint density at radius 3 is 2.47 bits per heavy atom. The van der Waals surface area contributed by atoms with Crippen molar-refractivity contribution in [2.24, 2.45) is 16.6 Å². The summed E-state index contributed by atoms with van der Waals surface area (Å²) in [6, 6.07) is 6.29. The van der Waals surface area contributed by atoms with Crippen LogP contribution in [0, 0.1) is 0 Å². The fraction of sp³-hybridized carbons (Fsp3) is 0.250. The van der Waals surface area contributed by atoms with Crippen LogP contribution in [0.2, 0.25) is 0 Å². The summed E-state index contributed by atoms with van der Waals surface area (Å²) in [5.41, 5.74) is 11.3. The Morgan fingerprint density at radius 2 is 1.95 bits per heavy atom. The van der Waals surface area contributed by atoms with Gasteiger partial charge in [0, 0.05) is 17.7 Å². The molecule has 0 heterocycles. The molecule has 2 amide bonds. The van der Waals surface area contributed by atoms with E-state index in [4.69, 9.17) is 16.7 Å². The van der Waals surface area contributed by atoms with E-state index in [2.05, 4.69) is 5.16 Å². The van der Waals surface area contributed by atoms with Gasteiger partial charge in [-0.1, -0.05) is 17.3 Å². The first kappa shape index (κ1) is 14.5. The molecule has 7 heteroatoms. The van der Waals surface area contributed by atoms with E-state index in [1.54, 1.807) is 25.1 Å². The van der Waals surface area contributed by atoms with E-state index < -0.39 is 5.91 Å². The Hall–Kier alpha value is -2.57. The van der Waals surface area contributed by atoms with E-state index in [0.717, 1.165) is 0 Å². The van der Waals surface area contributed by atoms with Crippen LogP contribution in [0.15, 0.2) is 29.4 Å². The third-order valence-corrected chi connectivity index (χ3v) is 2.53. The minimum Gasteiger partial charge on any atom is -0.409 e. The molecular formula is C12H16N4O3. The van der Waals surface area contributed by atoms with Gasteiger partial charge in [-0.15, -0.1) is 0 Å². The largest absolute Gasteiger partial charge is 0.409 e. The molecule has 19 heavy (non-hydrogen) atoms. The Bertz CT molecular complexity index is 513. The average Bonchev–Trinajstić information content (AvgIpc) is 2.43. The highest BCUT2D eigenvalue weighted by Crippen LogP contribution is 2.08. The number of benzene rings is 1. The van der Waals surface area contributed by atoms with Crippen molar-refractivity contribution >= 4 is 17.6 Å². The molecule has 0 aliphatic carbocycles. The number of carbonyl (C=O) groups is 2. The summed E-state index contributed by atoms with van der Waals surface area (Å²) in [4.78, 5) is 24.3. The summed E-state index contributed by atoms with van der Waals surface area (Å²) >= 11 is 0. The average molecular weight is 264 g/mol. The monoisotopic (exact) mass is 264 g/mol. The zero-order valence-electron chi connectivity index (χ0n) is 10.5. The van der Waals surface area contributed by atoms with Gasteiger partial charge in [-0.3, -0.25) is 9.59 Å². The summed E-state index contributed by atoms with van der Waals surface area (Å²) in [5.74, 6) is -1.01. The van der Waals surface area contributed by atoms with Crippen LogP contribution in [0.25, 0.3) is 0 Å². The summed E-state index contributed by atoms with van der Waals surface area (Å²) in [6.45, 7) is 1.95. The van der Waals surface area contributed by atoms with Gasteiger partial charge < -0.3 is 21.6 Å². The molecular weight excluding hydrogens is 248 g/mol. The van der Waals surface area contributed by atoms with E-state index in [1.807, 2.05) is 0 Å². The van der Waals surface area contributed by atoms with Crippen LogP contribution in [0.5, 0.6) is 0 Å². The van der Waals surface area contributed by atoms with E-state index in [0.29, 0.717) is 17.7 Å². The van der Waals surface area contributed by atoms with Crippen molar-refractivity contribution in [3.8, 4) is 0 Å². The van der Waals surface area contributed by atoms with Gasteiger partial charge in [-0.25, -0.2) is 0 Å². The van der Waals surface area contributed by atoms with Crippen molar-refractivity contribution < 1.29 is 14.8 Å². The van der Waals surface area contributed by atoms with Crippen LogP contribution >= 0.6 is 0 Å². The summed E-state index contributed by atoms with van der Waals surface area (Å²) in [6.07, 6.45) is 0. The Kier molecular flexibility index (Phi) is 4.87. The van der Waals surface area contributed by atoms with Crippen LogP contribution in [0.1, 0.15) is 22.8 Å². The van der Waals surface area contributed by atoms with Crippen LogP contribution in [-0.2, 0) is 4.79 Å². The lowest BCUT2D eigenvalue weighted by molar-refractivity contribution is -0.118. The van der Waals surface area contributed by atoms with Crippen molar-refractivity contribution in [1.29, 1.82) is 0 Å². The second-order valence-corrected chi connectivity index (χ2v) is 3.85. The van der Waals surface area contributed by atoms with Crippen molar-refractivity contribution in [3.63, 3.8) is 0 Å². The maximum Gasteiger partial charge on any atom is 0.254 e. The SMILES string of the molecule is CCN(CC(N)=O)C(=O)c1cccc(/C(N)=N/O)c1. The van der Waals surface area contributed by atoms with Gasteiger partial charge in [0.1, 0.15) is 0 Å². The van der Waals surface area contributed by atoms with Gasteiger partial charge in [0.2, 0.25) is 5.91 Å². The molecule has 0 aliphatic heterocycles. The summed E-state index contributed by atoms with van der Waals surface area (Å²) in [5, 5.41) is 11.5. The van der Waals surface area contributed by atoms with Gasteiger partial charge in [0.25, 0.3) is 5.91 Å². The maximum absolute atomic E-state index is 12.1. The van der Waals surface area contributed by atoms with Gasteiger partial charge >= 0.3 is 0 Å². The highest BCUT2D eigenvalue weighted by molar-refractivity contribution is 6.01. The van der Waals surface area contributed by atoms with E-state index in [9.17, 15) is 9.59 Å². The number of rotatable bonds is 5. The smallest absolute Gasteiger partial charge is 0.254 e. The minimum absolute atomic E-state index is 0.0902. The molecule has 1 aromatic carbocycles.